The highest BCUT2D eigenvalue weighted by Gasteiger charge is 2.10. The van der Waals surface area contributed by atoms with E-state index in [9.17, 15) is 14.8 Å². The molecule has 5 heteroatoms. The number of hydrogen-bond donors (Lipinski definition) is 1. The average Bonchev–Trinajstić information content (AvgIpc) is 2.63. The molecule has 0 aliphatic rings. The lowest BCUT2D eigenvalue weighted by atomic mass is 10.0. The Balaban J connectivity index is 0.00000139. The zero-order chi connectivity index (χ0) is 18.1. The van der Waals surface area contributed by atoms with Gasteiger partial charge >= 0.3 is 0 Å². The molecule has 0 fully saturated rings. The van der Waals surface area contributed by atoms with E-state index in [1.54, 1.807) is 31.2 Å². The molecule has 2 aromatic carbocycles. The molecule has 0 aromatic heterocycles. The summed E-state index contributed by atoms with van der Waals surface area (Å²) < 4.78 is 0. The number of hydrogen-bond acceptors (Lipinski definition) is 5. The molecule has 1 N–H and O–H groups in total. The number of carbonyl (C=O) groups excluding carboxylic acids is 1. The fraction of sp³-hybridized carbons (Fsp3) is 0.158. The number of phenolic OH excluding ortho intramolecular Hbond substituents is 1. The average molecular weight is 322 g/mol. The Kier molecular flexibility index (Phi) is 7.05. The maximum atomic E-state index is 12.1. The highest BCUT2D eigenvalue weighted by molar-refractivity contribution is 6.08. The maximum Gasteiger partial charge on any atom is 0.187 e. The molecule has 0 spiro atoms. The van der Waals surface area contributed by atoms with Crippen molar-refractivity contribution in [3.05, 3.63) is 69.6 Å². The summed E-state index contributed by atoms with van der Waals surface area (Å²) in [5, 5.41) is 21.4. The van der Waals surface area contributed by atoms with Crippen LogP contribution in [0.4, 0.5) is 5.69 Å². The van der Waals surface area contributed by atoms with Crippen LogP contribution in [0.15, 0.2) is 47.7 Å². The number of nitrogens with zero attached hydrogens (tertiary/aromatic N) is 2. The molecular weight excluding hydrogens is 304 g/mol. The Morgan fingerprint density at radius 2 is 1.92 bits per heavy atom. The van der Waals surface area contributed by atoms with E-state index in [0.29, 0.717) is 5.56 Å². The van der Waals surface area contributed by atoms with Gasteiger partial charge in [-0.25, -0.2) is 0 Å². The van der Waals surface area contributed by atoms with Crippen molar-refractivity contribution in [2.75, 3.05) is 0 Å². The Labute approximate surface area is 140 Å². The number of rotatable bonds is 4. The molecular formula is C19H18N2O3. The molecule has 0 atom stereocenters. The molecule has 0 saturated heterocycles. The van der Waals surface area contributed by atoms with Crippen LogP contribution >= 0.6 is 0 Å². The Bertz CT molecular complexity index is 818. The van der Waals surface area contributed by atoms with Crippen molar-refractivity contribution in [2.24, 2.45) is 5.18 Å². The third-order valence-corrected chi connectivity index (χ3v) is 3.15. The molecule has 2 aromatic rings. The van der Waals surface area contributed by atoms with Gasteiger partial charge in [0.05, 0.1) is 11.6 Å². The van der Waals surface area contributed by atoms with Crippen molar-refractivity contribution in [2.45, 2.75) is 20.8 Å². The number of benzene rings is 2. The van der Waals surface area contributed by atoms with Crippen molar-refractivity contribution in [1.29, 1.82) is 5.26 Å². The third kappa shape index (κ3) is 4.62. The molecule has 0 heterocycles. The van der Waals surface area contributed by atoms with Crippen LogP contribution in [-0.4, -0.2) is 10.9 Å². The van der Waals surface area contributed by atoms with Gasteiger partial charge in [0.25, 0.3) is 0 Å². The minimum Gasteiger partial charge on any atom is -0.508 e. The highest BCUT2D eigenvalue weighted by Crippen LogP contribution is 2.20. The van der Waals surface area contributed by atoms with Gasteiger partial charge in [0.1, 0.15) is 11.4 Å². The van der Waals surface area contributed by atoms with Crippen molar-refractivity contribution in [3.8, 4) is 11.8 Å². The lowest BCUT2D eigenvalue weighted by Gasteiger charge is -2.01. The van der Waals surface area contributed by atoms with E-state index in [-0.39, 0.29) is 28.3 Å². The van der Waals surface area contributed by atoms with Crippen LogP contribution in [0.1, 0.15) is 40.9 Å². The standard InChI is InChI=1S/C17H12N2O3.C2H6/c1-11-2-3-12(8-17(11)21)4-7-16(20)15-6-5-14(19-22)9-13(15)10-18;1-2/h2-9,21H,1H3;1-2H3/b7-4+;. The molecule has 0 aliphatic heterocycles. The van der Waals surface area contributed by atoms with E-state index in [1.807, 2.05) is 19.9 Å². The van der Waals surface area contributed by atoms with E-state index in [1.165, 1.54) is 24.3 Å². The second kappa shape index (κ2) is 9.01. The predicted molar refractivity (Wildman–Crippen MR) is 94.2 cm³/mol. The largest absolute Gasteiger partial charge is 0.508 e. The number of allylic oxidation sites excluding steroid dienone is 1. The Morgan fingerprint density at radius 1 is 1.21 bits per heavy atom. The minimum absolute atomic E-state index is 0.0958. The zero-order valence-electron chi connectivity index (χ0n) is 13.8. The second-order valence-electron chi connectivity index (χ2n) is 4.68. The molecule has 2 rings (SSSR count). The third-order valence-electron chi connectivity index (χ3n) is 3.15. The number of phenols is 1. The van der Waals surface area contributed by atoms with Gasteiger partial charge in [0.2, 0.25) is 0 Å². The lowest BCUT2D eigenvalue weighted by molar-refractivity contribution is 0.104. The first-order valence-electron chi connectivity index (χ1n) is 7.44. The van der Waals surface area contributed by atoms with Crippen LogP contribution in [0.5, 0.6) is 5.75 Å². The van der Waals surface area contributed by atoms with Crippen LogP contribution in [-0.2, 0) is 0 Å². The molecule has 0 saturated carbocycles. The number of aryl methyl sites for hydroxylation is 1. The molecule has 0 amide bonds. The molecule has 0 aliphatic carbocycles. The Morgan fingerprint density at radius 3 is 2.50 bits per heavy atom. The van der Waals surface area contributed by atoms with Crippen molar-refractivity contribution in [1.82, 2.24) is 0 Å². The van der Waals surface area contributed by atoms with E-state index < -0.39 is 0 Å². The van der Waals surface area contributed by atoms with Crippen molar-refractivity contribution < 1.29 is 9.90 Å². The number of aromatic hydroxyl groups is 1. The molecule has 0 radical (unpaired) electrons. The van der Waals surface area contributed by atoms with Crippen LogP contribution in [0.2, 0.25) is 0 Å². The van der Waals surface area contributed by atoms with Gasteiger partial charge in [-0.2, -0.15) is 5.26 Å². The van der Waals surface area contributed by atoms with Crippen LogP contribution < -0.4 is 0 Å². The quantitative estimate of drug-likeness (QED) is 0.493. The summed E-state index contributed by atoms with van der Waals surface area (Å²) in [7, 11) is 0. The minimum atomic E-state index is -0.367. The molecule has 24 heavy (non-hydrogen) atoms. The van der Waals surface area contributed by atoms with E-state index >= 15 is 0 Å². The summed E-state index contributed by atoms with van der Waals surface area (Å²) in [5.41, 5.74) is 1.80. The highest BCUT2D eigenvalue weighted by atomic mass is 16.3. The monoisotopic (exact) mass is 322 g/mol. The molecule has 5 nitrogen and oxygen atoms in total. The predicted octanol–water partition coefficient (Wildman–Crippen LogP) is 4.89. The van der Waals surface area contributed by atoms with Crippen molar-refractivity contribution >= 4 is 17.5 Å². The van der Waals surface area contributed by atoms with E-state index in [2.05, 4.69) is 5.18 Å². The van der Waals surface area contributed by atoms with Gasteiger partial charge in [-0.05, 0) is 53.6 Å². The number of nitriles is 1. The first-order valence-corrected chi connectivity index (χ1v) is 7.44. The molecule has 122 valence electrons. The van der Waals surface area contributed by atoms with Gasteiger partial charge in [0.15, 0.2) is 5.78 Å². The number of ketones is 1. The summed E-state index contributed by atoms with van der Waals surface area (Å²) in [6.45, 7) is 5.77. The van der Waals surface area contributed by atoms with Crippen LogP contribution in [0.25, 0.3) is 6.08 Å². The fourth-order valence-electron chi connectivity index (χ4n) is 1.89. The van der Waals surface area contributed by atoms with Crippen LogP contribution in [0.3, 0.4) is 0 Å². The number of carbonyl (C=O) groups is 1. The van der Waals surface area contributed by atoms with Gasteiger partial charge in [0, 0.05) is 5.56 Å². The zero-order valence-corrected chi connectivity index (χ0v) is 13.8. The smallest absolute Gasteiger partial charge is 0.187 e. The summed E-state index contributed by atoms with van der Waals surface area (Å²) in [6.07, 6.45) is 2.86. The molecule has 0 unspecified atom stereocenters. The maximum absolute atomic E-state index is 12.1. The van der Waals surface area contributed by atoms with Gasteiger partial charge in [-0.1, -0.05) is 32.1 Å². The Hall–Kier alpha value is -3.26. The summed E-state index contributed by atoms with van der Waals surface area (Å²) in [5.74, 6) is -0.220. The molecule has 0 bridgehead atoms. The summed E-state index contributed by atoms with van der Waals surface area (Å²) in [6, 6.07) is 11.0. The van der Waals surface area contributed by atoms with Gasteiger partial charge in [-0.15, -0.1) is 4.91 Å². The lowest BCUT2D eigenvalue weighted by Crippen LogP contribution is -1.98. The first kappa shape index (κ1) is 18.8. The first-order chi connectivity index (χ1) is 11.5. The topological polar surface area (TPSA) is 90.5 Å². The SMILES string of the molecule is CC.Cc1ccc(/C=C/C(=O)c2ccc(N=O)cc2C#N)cc1O. The van der Waals surface area contributed by atoms with Crippen LogP contribution in [0, 0.1) is 23.2 Å². The van der Waals surface area contributed by atoms with E-state index in [0.717, 1.165) is 5.56 Å². The fourth-order valence-corrected chi connectivity index (χ4v) is 1.89. The summed E-state index contributed by atoms with van der Waals surface area (Å²) in [4.78, 5) is 22.6. The van der Waals surface area contributed by atoms with E-state index in [4.69, 9.17) is 5.26 Å². The van der Waals surface area contributed by atoms with Gasteiger partial charge in [-0.3, -0.25) is 4.79 Å². The second-order valence-corrected chi connectivity index (χ2v) is 4.68. The number of nitroso groups, excluding NO2 is 1. The normalized spacial score (nSPS) is 9.75. The van der Waals surface area contributed by atoms with Crippen molar-refractivity contribution in [3.63, 3.8) is 0 Å². The summed E-state index contributed by atoms with van der Waals surface area (Å²) >= 11 is 0. The van der Waals surface area contributed by atoms with Gasteiger partial charge < -0.3 is 5.11 Å².